The number of methoxy groups -OCH3 is 1. The van der Waals surface area contributed by atoms with Gasteiger partial charge in [0.25, 0.3) is 0 Å². The van der Waals surface area contributed by atoms with Crippen molar-refractivity contribution in [3.63, 3.8) is 0 Å². The van der Waals surface area contributed by atoms with Gasteiger partial charge in [-0.3, -0.25) is 0 Å². The Morgan fingerprint density at radius 2 is 2.11 bits per heavy atom. The summed E-state index contributed by atoms with van der Waals surface area (Å²) in [6, 6.07) is 1.85. The second-order valence-electron chi connectivity index (χ2n) is 4.16. The number of nitrogens with zero attached hydrogens (tertiary/aromatic N) is 2. The molecule has 1 heterocycles. The second kappa shape index (κ2) is 7.84. The summed E-state index contributed by atoms with van der Waals surface area (Å²) in [5.74, 6) is 2.17. The van der Waals surface area contributed by atoms with Crippen molar-refractivity contribution < 1.29 is 9.84 Å². The third-order valence-corrected chi connectivity index (χ3v) is 2.41. The van der Waals surface area contributed by atoms with Crippen LogP contribution in [0.25, 0.3) is 0 Å². The molecular weight excluding hydrogens is 232 g/mol. The summed E-state index contributed by atoms with van der Waals surface area (Å²) in [6.45, 7) is 2.95. The third-order valence-electron chi connectivity index (χ3n) is 2.41. The van der Waals surface area contributed by atoms with E-state index in [0.29, 0.717) is 12.4 Å². The highest BCUT2D eigenvalue weighted by molar-refractivity contribution is 5.47. The van der Waals surface area contributed by atoms with Gasteiger partial charge >= 0.3 is 0 Å². The van der Waals surface area contributed by atoms with Crippen molar-refractivity contribution >= 4 is 11.6 Å². The average Bonchev–Trinajstić information content (AvgIpc) is 2.34. The molecule has 0 aliphatic rings. The van der Waals surface area contributed by atoms with E-state index in [2.05, 4.69) is 20.6 Å². The maximum atomic E-state index is 9.17. The molecular formula is C12H22N4O2. The van der Waals surface area contributed by atoms with Crippen LogP contribution in [0.4, 0.5) is 11.6 Å². The van der Waals surface area contributed by atoms with Gasteiger partial charge in [0.2, 0.25) is 0 Å². The fraction of sp³-hybridized carbons (Fsp3) is 0.667. The second-order valence-corrected chi connectivity index (χ2v) is 4.16. The van der Waals surface area contributed by atoms with E-state index in [4.69, 9.17) is 9.84 Å². The molecule has 102 valence electrons. The van der Waals surface area contributed by atoms with Gasteiger partial charge in [0.15, 0.2) is 5.82 Å². The van der Waals surface area contributed by atoms with E-state index < -0.39 is 0 Å². The van der Waals surface area contributed by atoms with Crippen molar-refractivity contribution in [1.29, 1.82) is 0 Å². The van der Waals surface area contributed by atoms with Crippen molar-refractivity contribution in [2.75, 3.05) is 31.3 Å². The van der Waals surface area contributed by atoms with Gasteiger partial charge in [-0.15, -0.1) is 0 Å². The fourth-order valence-corrected chi connectivity index (χ4v) is 1.52. The lowest BCUT2D eigenvalue weighted by molar-refractivity contribution is 0.178. The molecule has 0 amide bonds. The molecule has 3 N–H and O–H groups in total. The zero-order valence-electron chi connectivity index (χ0n) is 11.2. The van der Waals surface area contributed by atoms with Gasteiger partial charge in [-0.1, -0.05) is 0 Å². The van der Waals surface area contributed by atoms with Crippen molar-refractivity contribution in [3.05, 3.63) is 11.9 Å². The number of aromatic nitrogens is 2. The highest BCUT2D eigenvalue weighted by atomic mass is 16.5. The molecule has 0 bridgehead atoms. The maximum Gasteiger partial charge on any atom is 0.158 e. The zero-order valence-corrected chi connectivity index (χ0v) is 11.2. The molecule has 1 atom stereocenters. The number of hydrogen-bond acceptors (Lipinski definition) is 6. The summed E-state index contributed by atoms with van der Waals surface area (Å²) >= 11 is 0. The topological polar surface area (TPSA) is 79.3 Å². The number of hydrogen-bond donors (Lipinski definition) is 3. The predicted octanol–water partition coefficient (Wildman–Crippen LogP) is 1.24. The normalized spacial score (nSPS) is 12.2. The van der Waals surface area contributed by atoms with Crippen LogP contribution in [0.3, 0.4) is 0 Å². The molecule has 0 saturated heterocycles. The minimum Gasteiger partial charge on any atom is -0.393 e. The molecule has 1 aromatic rings. The molecule has 1 rings (SSSR count). The molecule has 0 aromatic carbocycles. The first-order chi connectivity index (χ1) is 8.65. The predicted molar refractivity (Wildman–Crippen MR) is 71.7 cm³/mol. The number of anilines is 2. The number of nitrogens with one attached hydrogen (secondary N) is 2. The SMILES string of the molecule is CNc1cc(NCCCC(C)O)nc(COC)n1. The van der Waals surface area contributed by atoms with Crippen LogP contribution in [-0.2, 0) is 11.3 Å². The van der Waals surface area contributed by atoms with Crippen LogP contribution < -0.4 is 10.6 Å². The van der Waals surface area contributed by atoms with Crippen LogP contribution in [0.1, 0.15) is 25.6 Å². The molecule has 1 unspecified atom stereocenters. The first-order valence-corrected chi connectivity index (χ1v) is 6.12. The van der Waals surface area contributed by atoms with Crippen LogP contribution in [-0.4, -0.2) is 41.9 Å². The standard InChI is InChI=1S/C12H22N4O2/c1-9(17)5-4-6-14-11-7-10(13-2)15-12(16-11)8-18-3/h7,9,17H,4-6,8H2,1-3H3,(H2,13,14,15,16). The first-order valence-electron chi connectivity index (χ1n) is 6.12. The molecule has 0 aliphatic heterocycles. The van der Waals surface area contributed by atoms with E-state index in [-0.39, 0.29) is 6.10 Å². The number of aliphatic hydroxyl groups is 1. The van der Waals surface area contributed by atoms with Crippen LogP contribution >= 0.6 is 0 Å². The van der Waals surface area contributed by atoms with E-state index in [0.717, 1.165) is 31.0 Å². The Kier molecular flexibility index (Phi) is 6.38. The molecule has 0 spiro atoms. The van der Waals surface area contributed by atoms with Crippen molar-refractivity contribution in [2.24, 2.45) is 0 Å². The van der Waals surface area contributed by atoms with E-state index in [1.54, 1.807) is 14.0 Å². The van der Waals surface area contributed by atoms with Crippen LogP contribution in [0, 0.1) is 0 Å². The lowest BCUT2D eigenvalue weighted by Gasteiger charge is -2.10. The Morgan fingerprint density at radius 1 is 1.39 bits per heavy atom. The van der Waals surface area contributed by atoms with Gasteiger partial charge in [-0.25, -0.2) is 9.97 Å². The van der Waals surface area contributed by atoms with E-state index >= 15 is 0 Å². The third kappa shape index (κ3) is 5.29. The summed E-state index contributed by atoms with van der Waals surface area (Å²) in [5, 5.41) is 15.4. The highest BCUT2D eigenvalue weighted by Crippen LogP contribution is 2.11. The smallest absolute Gasteiger partial charge is 0.158 e. The first kappa shape index (κ1) is 14.7. The van der Waals surface area contributed by atoms with E-state index in [1.165, 1.54) is 0 Å². The van der Waals surface area contributed by atoms with Crippen LogP contribution in [0.5, 0.6) is 0 Å². The van der Waals surface area contributed by atoms with E-state index in [1.807, 2.05) is 13.1 Å². The van der Waals surface area contributed by atoms with Crippen molar-refractivity contribution in [1.82, 2.24) is 9.97 Å². The Morgan fingerprint density at radius 3 is 2.72 bits per heavy atom. The molecule has 6 nitrogen and oxygen atoms in total. The molecule has 0 radical (unpaired) electrons. The summed E-state index contributed by atoms with van der Waals surface area (Å²) in [6.07, 6.45) is 1.42. The van der Waals surface area contributed by atoms with Gasteiger partial charge in [0.05, 0.1) is 6.10 Å². The highest BCUT2D eigenvalue weighted by Gasteiger charge is 2.03. The number of ether oxygens (including phenoxy) is 1. The van der Waals surface area contributed by atoms with Gasteiger partial charge in [0, 0.05) is 26.8 Å². The Labute approximate surface area is 108 Å². The molecule has 0 saturated carbocycles. The zero-order chi connectivity index (χ0) is 13.4. The minimum atomic E-state index is -0.255. The van der Waals surface area contributed by atoms with Crippen LogP contribution in [0.2, 0.25) is 0 Å². The van der Waals surface area contributed by atoms with E-state index in [9.17, 15) is 0 Å². The van der Waals surface area contributed by atoms with Gasteiger partial charge in [0.1, 0.15) is 18.2 Å². The largest absolute Gasteiger partial charge is 0.393 e. The average molecular weight is 254 g/mol. The number of aliphatic hydroxyl groups excluding tert-OH is 1. The lowest BCUT2D eigenvalue weighted by Crippen LogP contribution is -2.10. The summed E-state index contributed by atoms with van der Waals surface area (Å²) in [4.78, 5) is 8.61. The summed E-state index contributed by atoms with van der Waals surface area (Å²) < 4.78 is 5.03. The van der Waals surface area contributed by atoms with Gasteiger partial charge in [-0.2, -0.15) is 0 Å². The Bertz CT molecular complexity index is 358. The van der Waals surface area contributed by atoms with Crippen molar-refractivity contribution in [3.8, 4) is 0 Å². The maximum absolute atomic E-state index is 9.17. The number of rotatable bonds is 8. The summed E-state index contributed by atoms with van der Waals surface area (Å²) in [5.41, 5.74) is 0. The molecule has 0 aliphatic carbocycles. The minimum absolute atomic E-state index is 0.255. The van der Waals surface area contributed by atoms with Crippen molar-refractivity contribution in [2.45, 2.75) is 32.5 Å². The quantitative estimate of drug-likeness (QED) is 0.606. The van der Waals surface area contributed by atoms with Crippen LogP contribution in [0.15, 0.2) is 6.07 Å². The Balaban J connectivity index is 2.55. The molecule has 1 aromatic heterocycles. The monoisotopic (exact) mass is 254 g/mol. The molecule has 18 heavy (non-hydrogen) atoms. The van der Waals surface area contributed by atoms with Gasteiger partial charge < -0.3 is 20.5 Å². The Hall–Kier alpha value is -1.40. The fourth-order valence-electron chi connectivity index (χ4n) is 1.52. The van der Waals surface area contributed by atoms with Gasteiger partial charge in [-0.05, 0) is 19.8 Å². The lowest BCUT2D eigenvalue weighted by atomic mass is 10.2. The molecule has 6 heteroatoms. The molecule has 0 fully saturated rings. The summed E-state index contributed by atoms with van der Waals surface area (Å²) in [7, 11) is 3.43.